The van der Waals surface area contributed by atoms with Crippen molar-refractivity contribution in [2.75, 3.05) is 6.54 Å². The van der Waals surface area contributed by atoms with Crippen molar-refractivity contribution in [2.24, 2.45) is 0 Å². The average Bonchev–Trinajstić information content (AvgIpc) is 2.84. The summed E-state index contributed by atoms with van der Waals surface area (Å²) in [6, 6.07) is 3.52. The first-order valence-corrected chi connectivity index (χ1v) is 6.26. The number of hydrogen-bond donors (Lipinski definition) is 1. The molecule has 0 bridgehead atoms. The summed E-state index contributed by atoms with van der Waals surface area (Å²) in [5.41, 5.74) is 0. The molecule has 0 aromatic carbocycles. The molecule has 1 N–H and O–H groups in total. The van der Waals surface area contributed by atoms with Crippen molar-refractivity contribution >= 4 is 5.97 Å². The van der Waals surface area contributed by atoms with Crippen molar-refractivity contribution in [3.8, 4) is 0 Å². The molecule has 0 spiro atoms. The summed E-state index contributed by atoms with van der Waals surface area (Å²) >= 11 is 0. The Morgan fingerprint density at radius 1 is 1.65 bits per heavy atom. The molecule has 4 nitrogen and oxygen atoms in total. The largest absolute Gasteiger partial charge is 0.480 e. The minimum atomic E-state index is -0.713. The highest BCUT2D eigenvalue weighted by Gasteiger charge is 2.34. The van der Waals surface area contributed by atoms with Crippen LogP contribution in [-0.4, -0.2) is 28.6 Å². The SMILES string of the molecule is CCC(c1ccco1)N1CCCCC1C(=O)O. The van der Waals surface area contributed by atoms with Gasteiger partial charge in [-0.3, -0.25) is 9.69 Å². The van der Waals surface area contributed by atoms with Crippen LogP contribution in [-0.2, 0) is 4.79 Å². The van der Waals surface area contributed by atoms with Crippen molar-refractivity contribution < 1.29 is 14.3 Å². The first-order chi connectivity index (χ1) is 8.24. The minimum absolute atomic E-state index is 0.0893. The van der Waals surface area contributed by atoms with E-state index in [-0.39, 0.29) is 12.1 Å². The summed E-state index contributed by atoms with van der Waals surface area (Å²) in [6.45, 7) is 2.91. The van der Waals surface area contributed by atoms with Gasteiger partial charge in [-0.2, -0.15) is 0 Å². The minimum Gasteiger partial charge on any atom is -0.480 e. The molecule has 17 heavy (non-hydrogen) atoms. The Kier molecular flexibility index (Phi) is 3.84. The number of nitrogens with zero attached hydrogens (tertiary/aromatic N) is 1. The van der Waals surface area contributed by atoms with Crippen molar-refractivity contribution in [1.82, 2.24) is 4.90 Å². The molecule has 1 aliphatic heterocycles. The summed E-state index contributed by atoms with van der Waals surface area (Å²) in [5.74, 6) is 0.162. The monoisotopic (exact) mass is 237 g/mol. The van der Waals surface area contributed by atoms with Crippen LogP contribution >= 0.6 is 0 Å². The summed E-state index contributed by atoms with van der Waals surface area (Å²) in [4.78, 5) is 13.4. The van der Waals surface area contributed by atoms with Gasteiger partial charge in [0.15, 0.2) is 0 Å². The Bertz CT molecular complexity index is 361. The molecule has 1 aromatic heterocycles. The second-order valence-electron chi connectivity index (χ2n) is 4.53. The van der Waals surface area contributed by atoms with Crippen molar-refractivity contribution in [1.29, 1.82) is 0 Å². The van der Waals surface area contributed by atoms with Crippen LogP contribution < -0.4 is 0 Å². The molecule has 0 amide bonds. The molecule has 1 aliphatic rings. The maximum Gasteiger partial charge on any atom is 0.320 e. The van der Waals surface area contributed by atoms with E-state index in [0.29, 0.717) is 0 Å². The third-order valence-electron chi connectivity index (χ3n) is 3.49. The van der Waals surface area contributed by atoms with Gasteiger partial charge < -0.3 is 9.52 Å². The predicted octanol–water partition coefficient (Wildman–Crippen LogP) is 2.67. The van der Waals surface area contributed by atoms with Crippen LogP contribution in [0, 0.1) is 0 Å². The molecular weight excluding hydrogens is 218 g/mol. The van der Waals surface area contributed by atoms with Crippen LogP contribution in [0.15, 0.2) is 22.8 Å². The zero-order chi connectivity index (χ0) is 12.3. The third-order valence-corrected chi connectivity index (χ3v) is 3.49. The molecule has 2 unspecified atom stereocenters. The molecule has 1 fully saturated rings. The number of likely N-dealkylation sites (tertiary alicyclic amines) is 1. The second-order valence-corrected chi connectivity index (χ2v) is 4.53. The van der Waals surface area contributed by atoms with Gasteiger partial charge in [-0.25, -0.2) is 0 Å². The van der Waals surface area contributed by atoms with E-state index >= 15 is 0 Å². The number of rotatable bonds is 4. The van der Waals surface area contributed by atoms with E-state index < -0.39 is 5.97 Å². The second kappa shape index (κ2) is 5.36. The van der Waals surface area contributed by atoms with Crippen LogP contribution in [0.2, 0.25) is 0 Å². The first-order valence-electron chi connectivity index (χ1n) is 6.26. The van der Waals surface area contributed by atoms with E-state index in [1.807, 2.05) is 12.1 Å². The normalized spacial score (nSPS) is 23.5. The van der Waals surface area contributed by atoms with Crippen molar-refractivity contribution in [3.63, 3.8) is 0 Å². The maximum absolute atomic E-state index is 11.3. The van der Waals surface area contributed by atoms with Gasteiger partial charge in [0.2, 0.25) is 0 Å². The fraction of sp³-hybridized carbons (Fsp3) is 0.615. The molecule has 1 aromatic rings. The van der Waals surface area contributed by atoms with Crippen LogP contribution in [0.5, 0.6) is 0 Å². The zero-order valence-corrected chi connectivity index (χ0v) is 10.1. The molecule has 0 saturated carbocycles. The van der Waals surface area contributed by atoms with E-state index in [0.717, 1.165) is 38.0 Å². The van der Waals surface area contributed by atoms with Crippen LogP contribution in [0.4, 0.5) is 0 Å². The molecule has 0 aliphatic carbocycles. The van der Waals surface area contributed by atoms with Gasteiger partial charge in [0, 0.05) is 0 Å². The topological polar surface area (TPSA) is 53.7 Å². The lowest BCUT2D eigenvalue weighted by atomic mass is 9.98. The van der Waals surface area contributed by atoms with Gasteiger partial charge in [-0.05, 0) is 37.9 Å². The summed E-state index contributed by atoms with van der Waals surface area (Å²) < 4.78 is 5.43. The Morgan fingerprint density at radius 3 is 3.06 bits per heavy atom. The summed E-state index contributed by atoms with van der Waals surface area (Å²) in [5, 5.41) is 9.28. The fourth-order valence-electron chi connectivity index (χ4n) is 2.67. The van der Waals surface area contributed by atoms with Crippen LogP contribution in [0.25, 0.3) is 0 Å². The van der Waals surface area contributed by atoms with Gasteiger partial charge in [-0.1, -0.05) is 13.3 Å². The average molecular weight is 237 g/mol. The van der Waals surface area contributed by atoms with Crippen LogP contribution in [0.1, 0.15) is 44.4 Å². The number of piperidine rings is 1. The highest BCUT2D eigenvalue weighted by molar-refractivity contribution is 5.73. The van der Waals surface area contributed by atoms with Crippen molar-refractivity contribution in [3.05, 3.63) is 24.2 Å². The maximum atomic E-state index is 11.3. The molecule has 2 rings (SSSR count). The molecule has 4 heteroatoms. The van der Waals surface area contributed by atoms with E-state index in [9.17, 15) is 9.90 Å². The Labute approximate surface area is 101 Å². The predicted molar refractivity (Wildman–Crippen MR) is 63.7 cm³/mol. The molecule has 0 radical (unpaired) electrons. The van der Waals surface area contributed by atoms with Gasteiger partial charge in [0.25, 0.3) is 0 Å². The molecule has 1 saturated heterocycles. The Hall–Kier alpha value is -1.29. The van der Waals surface area contributed by atoms with Gasteiger partial charge in [0.05, 0.1) is 12.3 Å². The number of carboxylic acids is 1. The Morgan fingerprint density at radius 2 is 2.47 bits per heavy atom. The molecule has 94 valence electrons. The molecular formula is C13H19NO3. The van der Waals surface area contributed by atoms with E-state index in [4.69, 9.17) is 4.42 Å². The van der Waals surface area contributed by atoms with Gasteiger partial charge in [0.1, 0.15) is 11.8 Å². The number of furan rings is 1. The van der Waals surface area contributed by atoms with Gasteiger partial charge in [-0.15, -0.1) is 0 Å². The van der Waals surface area contributed by atoms with E-state index in [1.165, 1.54) is 0 Å². The van der Waals surface area contributed by atoms with Gasteiger partial charge >= 0.3 is 5.97 Å². The van der Waals surface area contributed by atoms with Crippen molar-refractivity contribution in [2.45, 2.75) is 44.7 Å². The summed E-state index contributed by atoms with van der Waals surface area (Å²) in [6.07, 6.45) is 5.34. The Balaban J connectivity index is 2.19. The fourth-order valence-corrected chi connectivity index (χ4v) is 2.67. The van der Waals surface area contributed by atoms with E-state index in [2.05, 4.69) is 11.8 Å². The lowest BCUT2D eigenvalue weighted by molar-refractivity contribution is -0.146. The smallest absolute Gasteiger partial charge is 0.320 e. The number of carboxylic acid groups (broad SMARTS) is 1. The van der Waals surface area contributed by atoms with E-state index in [1.54, 1.807) is 6.26 Å². The van der Waals surface area contributed by atoms with Crippen LogP contribution in [0.3, 0.4) is 0 Å². The highest BCUT2D eigenvalue weighted by Crippen LogP contribution is 2.31. The number of carbonyl (C=O) groups is 1. The quantitative estimate of drug-likeness (QED) is 0.874. The third kappa shape index (κ3) is 2.52. The number of aliphatic carboxylic acids is 1. The lowest BCUT2D eigenvalue weighted by Crippen LogP contribution is -2.46. The molecule has 2 heterocycles. The lowest BCUT2D eigenvalue weighted by Gasteiger charge is -2.37. The highest BCUT2D eigenvalue weighted by atomic mass is 16.4. The standard InChI is InChI=1S/C13H19NO3/c1-2-10(12-7-5-9-17-12)14-8-4-3-6-11(14)13(15)16/h5,7,9-11H,2-4,6,8H2,1H3,(H,15,16). The summed E-state index contributed by atoms with van der Waals surface area (Å²) in [7, 11) is 0. The molecule has 2 atom stereocenters. The first kappa shape index (κ1) is 12.2. The number of hydrogen-bond acceptors (Lipinski definition) is 3. The zero-order valence-electron chi connectivity index (χ0n) is 10.1.